The second kappa shape index (κ2) is 15.5. The van der Waals surface area contributed by atoms with E-state index in [4.69, 9.17) is 5.73 Å². The molecule has 0 unspecified atom stereocenters. The van der Waals surface area contributed by atoms with Crippen LogP contribution in [0.1, 0.15) is 55.4 Å². The number of nitrogen functional groups attached to an aromatic ring is 1. The van der Waals surface area contributed by atoms with Crippen molar-refractivity contribution >= 4 is 54.6 Å². The fourth-order valence-electron chi connectivity index (χ4n) is 4.03. The molecule has 0 aliphatic heterocycles. The fraction of sp³-hybridized carbons (Fsp3) is 0.571. The first-order chi connectivity index (χ1) is 16.7. The molecule has 0 saturated carbocycles. The van der Waals surface area contributed by atoms with Gasteiger partial charge in [-0.25, -0.2) is 0 Å². The van der Waals surface area contributed by atoms with Crippen LogP contribution in [0.2, 0.25) is 0 Å². The minimum Gasteiger partial charge on any atom is -0.397 e. The van der Waals surface area contributed by atoms with Gasteiger partial charge >= 0.3 is 0 Å². The molecule has 0 bridgehead atoms. The lowest BCUT2D eigenvalue weighted by molar-refractivity contribution is -0.384. The number of hydrogen-bond donors (Lipinski definition) is 1. The van der Waals surface area contributed by atoms with Gasteiger partial charge in [-0.05, 0) is 54.0 Å². The summed E-state index contributed by atoms with van der Waals surface area (Å²) in [6, 6.07) is 11.4. The van der Waals surface area contributed by atoms with E-state index in [9.17, 15) is 10.1 Å². The van der Waals surface area contributed by atoms with Crippen molar-refractivity contribution in [2.75, 3.05) is 41.7 Å². The summed E-state index contributed by atoms with van der Waals surface area (Å²) in [5.41, 5.74) is 8.97. The maximum absolute atomic E-state index is 11.2. The molecule has 0 aliphatic carbocycles. The zero-order chi connectivity index (χ0) is 27.6. The molecule has 0 aromatic heterocycles. The van der Waals surface area contributed by atoms with E-state index in [1.54, 1.807) is 6.07 Å². The first-order valence-corrected chi connectivity index (χ1v) is 14.3. The highest BCUT2D eigenvalue weighted by Gasteiger charge is 2.21. The molecular weight excluding hydrogens is 584 g/mol. The van der Waals surface area contributed by atoms with E-state index in [2.05, 4.69) is 109 Å². The lowest BCUT2D eigenvalue weighted by Gasteiger charge is -2.29. The van der Waals surface area contributed by atoms with Crippen LogP contribution in [0.3, 0.4) is 0 Å². The largest absolute Gasteiger partial charge is 0.397 e. The van der Waals surface area contributed by atoms with Crippen molar-refractivity contribution in [2.45, 2.75) is 55.4 Å². The van der Waals surface area contributed by atoms with E-state index in [-0.39, 0.29) is 10.6 Å². The fourth-order valence-corrected chi connectivity index (χ4v) is 4.76. The molecule has 0 spiro atoms. The van der Waals surface area contributed by atoms with Gasteiger partial charge in [-0.15, -0.1) is 0 Å². The molecule has 2 aromatic rings. The van der Waals surface area contributed by atoms with Crippen LogP contribution < -0.4 is 15.5 Å². The predicted octanol–water partition coefficient (Wildman–Crippen LogP) is 8.63. The Morgan fingerprint density at radius 3 is 1.44 bits per heavy atom. The van der Waals surface area contributed by atoms with Crippen LogP contribution in [0.15, 0.2) is 45.3 Å². The van der Waals surface area contributed by atoms with Gasteiger partial charge in [0.15, 0.2) is 0 Å². The van der Waals surface area contributed by atoms with Crippen LogP contribution in [-0.2, 0) is 0 Å². The molecule has 36 heavy (non-hydrogen) atoms. The van der Waals surface area contributed by atoms with Gasteiger partial charge in [0.25, 0.3) is 5.69 Å². The van der Waals surface area contributed by atoms with Gasteiger partial charge in [0, 0.05) is 41.2 Å². The number of nitro benzene ring substituents is 1. The van der Waals surface area contributed by atoms with Crippen molar-refractivity contribution in [1.82, 2.24) is 0 Å². The number of nitrogens with two attached hydrogens (primary N) is 1. The molecule has 0 heterocycles. The van der Waals surface area contributed by atoms with E-state index in [0.717, 1.165) is 46.5 Å². The second-order valence-electron chi connectivity index (χ2n) is 11.0. The molecule has 2 aromatic carbocycles. The van der Waals surface area contributed by atoms with Crippen LogP contribution in [0, 0.1) is 33.8 Å². The van der Waals surface area contributed by atoms with Gasteiger partial charge in [-0.1, -0.05) is 87.2 Å². The van der Waals surface area contributed by atoms with Gasteiger partial charge in [0.2, 0.25) is 0 Å². The molecule has 2 N–H and O–H groups in total. The lowest BCUT2D eigenvalue weighted by atomic mass is 10.1. The van der Waals surface area contributed by atoms with E-state index >= 15 is 0 Å². The third-order valence-electron chi connectivity index (χ3n) is 5.15. The normalized spacial score (nSPS) is 11.2. The first-order valence-electron chi connectivity index (χ1n) is 12.7. The number of nitro groups is 1. The van der Waals surface area contributed by atoms with E-state index in [0.29, 0.717) is 29.4 Å². The maximum atomic E-state index is 11.2. The minimum atomic E-state index is -0.312. The summed E-state index contributed by atoms with van der Waals surface area (Å²) in [5, 5.41) is 11.2. The number of anilines is 3. The zero-order valence-corrected chi connectivity index (χ0v) is 26.3. The van der Waals surface area contributed by atoms with Crippen LogP contribution in [0.25, 0.3) is 0 Å². The second-order valence-corrected chi connectivity index (χ2v) is 12.8. The first kappa shape index (κ1) is 32.2. The Hall–Kier alpha value is -1.80. The average Bonchev–Trinajstić information content (AvgIpc) is 2.71. The molecular formula is C28H44Br2N4O2. The van der Waals surface area contributed by atoms with Crippen molar-refractivity contribution < 1.29 is 4.92 Å². The molecule has 8 heteroatoms. The van der Waals surface area contributed by atoms with Gasteiger partial charge in [-0.3, -0.25) is 10.1 Å². The van der Waals surface area contributed by atoms with E-state index < -0.39 is 0 Å². The number of hydrogen-bond acceptors (Lipinski definition) is 5. The smallest absolute Gasteiger partial charge is 0.293 e. The Bertz CT molecular complexity index is 945. The quantitative estimate of drug-likeness (QED) is 0.153. The summed E-state index contributed by atoms with van der Waals surface area (Å²) in [6.45, 7) is 21.2. The molecule has 0 amide bonds. The minimum absolute atomic E-state index is 0.163. The van der Waals surface area contributed by atoms with Gasteiger partial charge in [0.05, 0.1) is 16.3 Å². The van der Waals surface area contributed by atoms with Crippen molar-refractivity contribution in [1.29, 1.82) is 0 Å². The third-order valence-corrected chi connectivity index (χ3v) is 6.13. The SMILES string of the molecule is CC(C)CN(CC(C)C)c1ccc(Br)cc1N.CC(C)CN(CC(C)C)c1ccc(Br)cc1[N+](=O)[O-]. The lowest BCUT2D eigenvalue weighted by Crippen LogP contribution is -2.31. The molecule has 0 fully saturated rings. The Kier molecular flexibility index (Phi) is 13.8. The molecule has 0 aliphatic rings. The van der Waals surface area contributed by atoms with Crippen molar-refractivity contribution in [3.05, 3.63) is 55.5 Å². The standard InChI is InChI=1S/C14H21BrN2O2.C14H23BrN2/c1-10(2)8-16(9-11(3)4)13-6-5-12(15)7-14(13)17(18)19;1-10(2)8-17(9-11(3)4)14-6-5-12(15)7-13(14)16/h5-7,10-11H,8-9H2,1-4H3;5-7,10-11H,8-9,16H2,1-4H3. The number of halogens is 2. The average molecular weight is 628 g/mol. The zero-order valence-electron chi connectivity index (χ0n) is 23.1. The van der Waals surface area contributed by atoms with Crippen LogP contribution in [0.4, 0.5) is 22.7 Å². The van der Waals surface area contributed by atoms with Crippen molar-refractivity contribution in [2.24, 2.45) is 23.7 Å². The molecule has 0 atom stereocenters. The summed E-state index contributed by atoms with van der Waals surface area (Å²) in [6.07, 6.45) is 0. The topological polar surface area (TPSA) is 75.6 Å². The van der Waals surface area contributed by atoms with Gasteiger partial charge < -0.3 is 15.5 Å². The van der Waals surface area contributed by atoms with Crippen LogP contribution in [-0.4, -0.2) is 31.1 Å². The summed E-state index contributed by atoms with van der Waals surface area (Å²) < 4.78 is 1.77. The van der Waals surface area contributed by atoms with Gasteiger partial charge in [0.1, 0.15) is 5.69 Å². The molecule has 202 valence electrons. The Balaban J connectivity index is 0.000000362. The van der Waals surface area contributed by atoms with E-state index in [1.165, 1.54) is 0 Å². The Labute approximate surface area is 235 Å². The summed E-state index contributed by atoms with van der Waals surface area (Å²) in [5.74, 6) is 2.19. The third kappa shape index (κ3) is 11.5. The maximum Gasteiger partial charge on any atom is 0.293 e. The Morgan fingerprint density at radius 1 is 0.722 bits per heavy atom. The van der Waals surface area contributed by atoms with Crippen molar-refractivity contribution in [3.63, 3.8) is 0 Å². The number of nitrogens with zero attached hydrogens (tertiary/aromatic N) is 3. The highest BCUT2D eigenvalue weighted by atomic mass is 79.9. The molecule has 0 radical (unpaired) electrons. The summed E-state index contributed by atoms with van der Waals surface area (Å²) >= 11 is 6.74. The highest BCUT2D eigenvalue weighted by molar-refractivity contribution is 9.10. The monoisotopic (exact) mass is 626 g/mol. The summed E-state index contributed by atoms with van der Waals surface area (Å²) in [7, 11) is 0. The molecule has 6 nitrogen and oxygen atoms in total. The van der Waals surface area contributed by atoms with Crippen LogP contribution in [0.5, 0.6) is 0 Å². The summed E-state index contributed by atoms with van der Waals surface area (Å²) in [4.78, 5) is 15.4. The van der Waals surface area contributed by atoms with Gasteiger partial charge in [-0.2, -0.15) is 0 Å². The number of benzene rings is 2. The Morgan fingerprint density at radius 2 is 1.08 bits per heavy atom. The van der Waals surface area contributed by atoms with E-state index in [1.807, 2.05) is 18.2 Å². The highest BCUT2D eigenvalue weighted by Crippen LogP contribution is 2.32. The molecule has 2 rings (SSSR count). The predicted molar refractivity (Wildman–Crippen MR) is 163 cm³/mol. The molecule has 0 saturated heterocycles. The number of rotatable bonds is 11. The van der Waals surface area contributed by atoms with Crippen LogP contribution >= 0.6 is 31.9 Å². The van der Waals surface area contributed by atoms with Crippen molar-refractivity contribution in [3.8, 4) is 0 Å².